The lowest BCUT2D eigenvalue weighted by molar-refractivity contribution is -0.147. The highest BCUT2D eigenvalue weighted by molar-refractivity contribution is 5.75. The molecule has 1 rings (SSSR count). The fraction of sp³-hybridized carbons (Fsp3) is 0.562. The van der Waals surface area contributed by atoms with Crippen LogP contribution in [0.2, 0.25) is 0 Å². The van der Waals surface area contributed by atoms with Gasteiger partial charge in [-0.1, -0.05) is 37.3 Å². The first-order valence-corrected chi connectivity index (χ1v) is 7.29. The summed E-state index contributed by atoms with van der Waals surface area (Å²) in [6.07, 6.45) is 1.94. The van der Waals surface area contributed by atoms with Gasteiger partial charge in [0.1, 0.15) is 6.04 Å². The maximum absolute atomic E-state index is 11.7. The lowest BCUT2D eigenvalue weighted by atomic mass is 10.1. The van der Waals surface area contributed by atoms with Crippen molar-refractivity contribution in [2.75, 3.05) is 26.4 Å². The number of carbonyl (C=O) groups is 1. The van der Waals surface area contributed by atoms with Gasteiger partial charge in [-0.05, 0) is 31.9 Å². The van der Waals surface area contributed by atoms with Crippen LogP contribution in [-0.2, 0) is 20.7 Å². The van der Waals surface area contributed by atoms with E-state index in [4.69, 9.17) is 9.47 Å². The number of esters is 1. The first-order chi connectivity index (χ1) is 9.77. The Balaban J connectivity index is 2.18. The molecule has 0 radical (unpaired) electrons. The Labute approximate surface area is 121 Å². The van der Waals surface area contributed by atoms with Crippen LogP contribution in [0.4, 0.5) is 0 Å². The van der Waals surface area contributed by atoms with Gasteiger partial charge in [-0.3, -0.25) is 4.79 Å². The molecule has 4 nitrogen and oxygen atoms in total. The Hall–Kier alpha value is -1.39. The van der Waals surface area contributed by atoms with Gasteiger partial charge in [-0.2, -0.15) is 0 Å². The lowest BCUT2D eigenvalue weighted by Gasteiger charge is -2.16. The molecule has 0 saturated heterocycles. The number of aryl methyl sites for hydroxylation is 1. The van der Waals surface area contributed by atoms with Crippen molar-refractivity contribution in [3.05, 3.63) is 35.9 Å². The van der Waals surface area contributed by atoms with Crippen molar-refractivity contribution in [2.24, 2.45) is 0 Å². The van der Waals surface area contributed by atoms with Crippen LogP contribution in [0, 0.1) is 0 Å². The number of ether oxygens (including phenoxy) is 2. The van der Waals surface area contributed by atoms with E-state index in [0.717, 1.165) is 19.4 Å². The zero-order valence-electron chi connectivity index (χ0n) is 12.4. The monoisotopic (exact) mass is 279 g/mol. The summed E-state index contributed by atoms with van der Waals surface area (Å²) < 4.78 is 10.6. The SMILES string of the molecule is CCNC(COCCCc1ccccc1)C(=O)OCC. The third-order valence-corrected chi connectivity index (χ3v) is 2.90. The van der Waals surface area contributed by atoms with Crippen molar-refractivity contribution < 1.29 is 14.3 Å². The molecule has 112 valence electrons. The second-order valence-corrected chi connectivity index (χ2v) is 4.53. The highest BCUT2D eigenvalue weighted by Crippen LogP contribution is 2.02. The lowest BCUT2D eigenvalue weighted by Crippen LogP contribution is -2.41. The molecule has 1 unspecified atom stereocenters. The van der Waals surface area contributed by atoms with Crippen LogP contribution in [0.1, 0.15) is 25.8 Å². The van der Waals surface area contributed by atoms with Crippen molar-refractivity contribution >= 4 is 5.97 Å². The van der Waals surface area contributed by atoms with Crippen molar-refractivity contribution in [1.29, 1.82) is 0 Å². The largest absolute Gasteiger partial charge is 0.465 e. The van der Waals surface area contributed by atoms with Crippen LogP contribution >= 0.6 is 0 Å². The highest BCUT2D eigenvalue weighted by Gasteiger charge is 2.18. The fourth-order valence-electron chi connectivity index (χ4n) is 1.92. The normalized spacial score (nSPS) is 12.1. The first kappa shape index (κ1) is 16.7. The van der Waals surface area contributed by atoms with E-state index in [9.17, 15) is 4.79 Å². The molecule has 20 heavy (non-hydrogen) atoms. The zero-order chi connectivity index (χ0) is 14.6. The van der Waals surface area contributed by atoms with Gasteiger partial charge in [0, 0.05) is 6.61 Å². The van der Waals surface area contributed by atoms with E-state index in [0.29, 0.717) is 19.8 Å². The summed E-state index contributed by atoms with van der Waals surface area (Å²) in [7, 11) is 0. The predicted molar refractivity (Wildman–Crippen MR) is 79.7 cm³/mol. The molecular formula is C16H25NO3. The molecule has 4 heteroatoms. The average Bonchev–Trinajstić information content (AvgIpc) is 2.47. The second kappa shape index (κ2) is 10.4. The molecule has 0 aliphatic carbocycles. The molecule has 0 amide bonds. The van der Waals surface area contributed by atoms with Gasteiger partial charge < -0.3 is 14.8 Å². The molecule has 0 saturated carbocycles. The van der Waals surface area contributed by atoms with Gasteiger partial charge in [0.2, 0.25) is 0 Å². The molecule has 0 bridgehead atoms. The van der Waals surface area contributed by atoms with Gasteiger partial charge in [0.05, 0.1) is 13.2 Å². The maximum Gasteiger partial charge on any atom is 0.325 e. The van der Waals surface area contributed by atoms with Crippen molar-refractivity contribution in [3.63, 3.8) is 0 Å². The van der Waals surface area contributed by atoms with E-state index < -0.39 is 0 Å². The maximum atomic E-state index is 11.7. The number of hydrogen-bond acceptors (Lipinski definition) is 4. The number of carbonyl (C=O) groups excluding carboxylic acids is 1. The van der Waals surface area contributed by atoms with Crippen molar-refractivity contribution in [2.45, 2.75) is 32.7 Å². The number of hydrogen-bond donors (Lipinski definition) is 1. The Morgan fingerprint density at radius 1 is 1.25 bits per heavy atom. The quantitative estimate of drug-likeness (QED) is 0.527. The molecule has 0 fully saturated rings. The summed E-state index contributed by atoms with van der Waals surface area (Å²) in [5, 5.41) is 3.08. The van der Waals surface area contributed by atoms with Crippen LogP contribution in [0.3, 0.4) is 0 Å². The predicted octanol–water partition coefficient (Wildman–Crippen LogP) is 2.18. The topological polar surface area (TPSA) is 47.6 Å². The first-order valence-electron chi connectivity index (χ1n) is 7.29. The van der Waals surface area contributed by atoms with E-state index in [1.165, 1.54) is 5.56 Å². The summed E-state index contributed by atoms with van der Waals surface area (Å²) in [6.45, 7) is 5.90. The number of rotatable bonds is 10. The minimum absolute atomic E-state index is 0.239. The summed E-state index contributed by atoms with van der Waals surface area (Å²) in [5.41, 5.74) is 1.31. The third-order valence-electron chi connectivity index (χ3n) is 2.90. The van der Waals surface area contributed by atoms with E-state index >= 15 is 0 Å². The van der Waals surface area contributed by atoms with E-state index in [1.807, 2.05) is 32.0 Å². The molecule has 0 aliphatic heterocycles. The van der Waals surface area contributed by atoms with Crippen LogP contribution < -0.4 is 5.32 Å². The van der Waals surface area contributed by atoms with E-state index in [2.05, 4.69) is 17.4 Å². The standard InChI is InChI=1S/C16H25NO3/c1-3-17-15(16(18)20-4-2)13-19-12-8-11-14-9-6-5-7-10-14/h5-7,9-10,15,17H,3-4,8,11-13H2,1-2H3. The molecule has 0 aromatic heterocycles. The fourth-order valence-corrected chi connectivity index (χ4v) is 1.92. The molecule has 1 aromatic rings. The van der Waals surface area contributed by atoms with E-state index in [1.54, 1.807) is 0 Å². The van der Waals surface area contributed by atoms with Crippen LogP contribution in [0.5, 0.6) is 0 Å². The van der Waals surface area contributed by atoms with Gasteiger partial charge in [0.25, 0.3) is 0 Å². The Kier molecular flexibility index (Phi) is 8.67. The highest BCUT2D eigenvalue weighted by atomic mass is 16.5. The second-order valence-electron chi connectivity index (χ2n) is 4.53. The zero-order valence-corrected chi connectivity index (χ0v) is 12.4. The Bertz CT molecular complexity index is 367. The average molecular weight is 279 g/mol. The van der Waals surface area contributed by atoms with E-state index in [-0.39, 0.29) is 12.0 Å². The van der Waals surface area contributed by atoms with Gasteiger partial charge in [0.15, 0.2) is 0 Å². The Morgan fingerprint density at radius 3 is 2.65 bits per heavy atom. The van der Waals surface area contributed by atoms with Crippen molar-refractivity contribution in [1.82, 2.24) is 5.32 Å². The smallest absolute Gasteiger partial charge is 0.325 e. The molecule has 1 aromatic carbocycles. The number of nitrogens with one attached hydrogen (secondary N) is 1. The van der Waals surface area contributed by atoms with Gasteiger partial charge in [-0.25, -0.2) is 0 Å². The molecule has 1 atom stereocenters. The van der Waals surface area contributed by atoms with Crippen LogP contribution in [0.15, 0.2) is 30.3 Å². The molecular weight excluding hydrogens is 254 g/mol. The van der Waals surface area contributed by atoms with Gasteiger partial charge in [-0.15, -0.1) is 0 Å². The summed E-state index contributed by atoms with van der Waals surface area (Å²) in [6, 6.07) is 9.95. The van der Waals surface area contributed by atoms with Crippen LogP contribution in [-0.4, -0.2) is 38.4 Å². The Morgan fingerprint density at radius 2 is 2.00 bits per heavy atom. The minimum atomic E-state index is -0.364. The summed E-state index contributed by atoms with van der Waals surface area (Å²) >= 11 is 0. The molecule has 0 aliphatic rings. The molecule has 1 N–H and O–H groups in total. The number of benzene rings is 1. The minimum Gasteiger partial charge on any atom is -0.465 e. The summed E-state index contributed by atoms with van der Waals surface area (Å²) in [5.74, 6) is -0.239. The van der Waals surface area contributed by atoms with Gasteiger partial charge >= 0.3 is 5.97 Å². The third kappa shape index (κ3) is 6.68. The number of likely N-dealkylation sites (N-methyl/N-ethyl adjacent to an activating group) is 1. The molecule has 0 heterocycles. The van der Waals surface area contributed by atoms with Crippen LogP contribution in [0.25, 0.3) is 0 Å². The molecule has 0 spiro atoms. The summed E-state index contributed by atoms with van der Waals surface area (Å²) in [4.78, 5) is 11.7. The van der Waals surface area contributed by atoms with Crippen molar-refractivity contribution in [3.8, 4) is 0 Å².